The van der Waals surface area contributed by atoms with E-state index in [-0.39, 0.29) is 0 Å². The van der Waals surface area contributed by atoms with E-state index in [1.54, 1.807) is 0 Å². The zero-order chi connectivity index (χ0) is 9.90. The minimum atomic E-state index is 0.546. The highest BCUT2D eigenvalue weighted by Gasteiger charge is 2.28. The van der Waals surface area contributed by atoms with Gasteiger partial charge in [-0.2, -0.15) is 0 Å². The Morgan fingerprint density at radius 1 is 1.31 bits per heavy atom. The Balaban J connectivity index is 2.40. The fourth-order valence-electron chi connectivity index (χ4n) is 1.97. The van der Waals surface area contributed by atoms with Crippen LogP contribution in [0.1, 0.15) is 33.6 Å². The lowest BCUT2D eigenvalue weighted by Gasteiger charge is -2.38. The van der Waals surface area contributed by atoms with Crippen LogP contribution in [-0.2, 0) is 0 Å². The molecule has 0 aromatic carbocycles. The summed E-state index contributed by atoms with van der Waals surface area (Å²) in [7, 11) is 2.23. The van der Waals surface area contributed by atoms with Gasteiger partial charge < -0.3 is 10.2 Å². The van der Waals surface area contributed by atoms with Crippen LogP contribution >= 0.6 is 0 Å². The van der Waals surface area contributed by atoms with Crippen LogP contribution < -0.4 is 5.32 Å². The molecule has 0 aromatic heterocycles. The van der Waals surface area contributed by atoms with Crippen molar-refractivity contribution in [3.8, 4) is 0 Å². The van der Waals surface area contributed by atoms with Crippen molar-refractivity contribution in [2.45, 2.75) is 39.7 Å². The van der Waals surface area contributed by atoms with Crippen LogP contribution in [0.4, 0.5) is 0 Å². The van der Waals surface area contributed by atoms with Crippen LogP contribution in [0.2, 0.25) is 0 Å². The van der Waals surface area contributed by atoms with Crippen molar-refractivity contribution in [3.05, 3.63) is 0 Å². The standard InChI is InChI=1S/C11H24N2/c1-10(2)13(4)9-11(3)5-7-12-8-6-11/h10,12H,5-9H2,1-4H3. The highest BCUT2D eigenvalue weighted by Crippen LogP contribution is 2.28. The maximum atomic E-state index is 3.42. The van der Waals surface area contributed by atoms with Gasteiger partial charge in [0, 0.05) is 12.6 Å². The van der Waals surface area contributed by atoms with E-state index in [0.717, 1.165) is 0 Å². The summed E-state index contributed by atoms with van der Waals surface area (Å²) in [5.41, 5.74) is 0.546. The van der Waals surface area contributed by atoms with Gasteiger partial charge in [0.15, 0.2) is 0 Å². The molecule has 0 bridgehead atoms. The molecule has 0 aromatic rings. The molecule has 2 heteroatoms. The van der Waals surface area contributed by atoms with E-state index >= 15 is 0 Å². The fourth-order valence-corrected chi connectivity index (χ4v) is 1.97. The summed E-state index contributed by atoms with van der Waals surface area (Å²) < 4.78 is 0. The second-order valence-electron chi connectivity index (χ2n) is 5.07. The zero-order valence-electron chi connectivity index (χ0n) is 9.56. The summed E-state index contributed by atoms with van der Waals surface area (Å²) in [4.78, 5) is 2.46. The molecular weight excluding hydrogens is 160 g/mol. The van der Waals surface area contributed by atoms with Gasteiger partial charge in [-0.25, -0.2) is 0 Å². The molecule has 0 unspecified atom stereocenters. The monoisotopic (exact) mass is 184 g/mol. The third-order valence-electron chi connectivity index (χ3n) is 3.32. The first kappa shape index (κ1) is 11.0. The Bertz CT molecular complexity index is 148. The maximum Gasteiger partial charge on any atom is 0.00359 e. The Labute approximate surface area is 82.7 Å². The minimum Gasteiger partial charge on any atom is -0.317 e. The summed E-state index contributed by atoms with van der Waals surface area (Å²) in [6.07, 6.45) is 2.65. The number of nitrogens with zero attached hydrogens (tertiary/aromatic N) is 1. The second-order valence-corrected chi connectivity index (χ2v) is 5.07. The van der Waals surface area contributed by atoms with Gasteiger partial charge in [-0.3, -0.25) is 0 Å². The van der Waals surface area contributed by atoms with Crippen molar-refractivity contribution >= 4 is 0 Å². The molecule has 1 N–H and O–H groups in total. The number of hydrogen-bond donors (Lipinski definition) is 1. The summed E-state index contributed by atoms with van der Waals surface area (Å²) in [5.74, 6) is 0. The van der Waals surface area contributed by atoms with Gasteiger partial charge in [0.1, 0.15) is 0 Å². The van der Waals surface area contributed by atoms with Crippen LogP contribution in [0.25, 0.3) is 0 Å². The van der Waals surface area contributed by atoms with Crippen molar-refractivity contribution in [2.24, 2.45) is 5.41 Å². The van der Waals surface area contributed by atoms with Crippen molar-refractivity contribution in [1.82, 2.24) is 10.2 Å². The molecule has 1 aliphatic heterocycles. The molecule has 13 heavy (non-hydrogen) atoms. The average molecular weight is 184 g/mol. The summed E-state index contributed by atoms with van der Waals surface area (Å²) in [6.45, 7) is 10.6. The van der Waals surface area contributed by atoms with E-state index in [0.29, 0.717) is 11.5 Å². The van der Waals surface area contributed by atoms with Gasteiger partial charge in [0.05, 0.1) is 0 Å². The second kappa shape index (κ2) is 4.43. The van der Waals surface area contributed by atoms with Crippen LogP contribution in [0.15, 0.2) is 0 Å². The smallest absolute Gasteiger partial charge is 0.00359 e. The van der Waals surface area contributed by atoms with Crippen molar-refractivity contribution < 1.29 is 0 Å². The largest absolute Gasteiger partial charge is 0.317 e. The quantitative estimate of drug-likeness (QED) is 0.718. The predicted molar refractivity (Wildman–Crippen MR) is 58.0 cm³/mol. The molecule has 0 saturated carbocycles. The molecular formula is C11H24N2. The Morgan fingerprint density at radius 3 is 2.31 bits per heavy atom. The number of rotatable bonds is 3. The molecule has 1 saturated heterocycles. The predicted octanol–water partition coefficient (Wildman–Crippen LogP) is 1.72. The molecule has 0 atom stereocenters. The number of piperidine rings is 1. The van der Waals surface area contributed by atoms with Crippen LogP contribution in [0.3, 0.4) is 0 Å². The van der Waals surface area contributed by atoms with Crippen LogP contribution in [-0.4, -0.2) is 37.6 Å². The van der Waals surface area contributed by atoms with Gasteiger partial charge >= 0.3 is 0 Å². The molecule has 2 nitrogen and oxygen atoms in total. The fraction of sp³-hybridized carbons (Fsp3) is 1.00. The Kier molecular flexibility index (Phi) is 3.74. The maximum absolute atomic E-state index is 3.42. The summed E-state index contributed by atoms with van der Waals surface area (Å²) in [6, 6.07) is 0.673. The van der Waals surface area contributed by atoms with Gasteiger partial charge in [-0.15, -0.1) is 0 Å². The SMILES string of the molecule is CC(C)N(C)CC1(C)CCNCC1. The van der Waals surface area contributed by atoms with Crippen molar-refractivity contribution in [1.29, 1.82) is 0 Å². The van der Waals surface area contributed by atoms with Crippen LogP contribution in [0, 0.1) is 5.41 Å². The normalized spacial score (nSPS) is 22.6. The average Bonchev–Trinajstić information content (AvgIpc) is 2.04. The van der Waals surface area contributed by atoms with Crippen molar-refractivity contribution in [2.75, 3.05) is 26.7 Å². The number of hydrogen-bond acceptors (Lipinski definition) is 2. The third-order valence-corrected chi connectivity index (χ3v) is 3.32. The van der Waals surface area contributed by atoms with E-state index in [9.17, 15) is 0 Å². The molecule has 0 radical (unpaired) electrons. The Hall–Kier alpha value is -0.0800. The molecule has 1 aliphatic rings. The first-order chi connectivity index (χ1) is 6.03. The van der Waals surface area contributed by atoms with Gasteiger partial charge in [-0.05, 0) is 52.2 Å². The zero-order valence-corrected chi connectivity index (χ0v) is 9.56. The van der Waals surface area contributed by atoms with E-state index in [4.69, 9.17) is 0 Å². The lowest BCUT2D eigenvalue weighted by Crippen LogP contribution is -2.43. The van der Waals surface area contributed by atoms with Gasteiger partial charge in [-0.1, -0.05) is 6.92 Å². The first-order valence-electron chi connectivity index (χ1n) is 5.44. The summed E-state index contributed by atoms with van der Waals surface area (Å²) in [5, 5.41) is 3.42. The summed E-state index contributed by atoms with van der Waals surface area (Å²) >= 11 is 0. The molecule has 1 rings (SSSR count). The van der Waals surface area contributed by atoms with E-state index in [1.165, 1.54) is 32.5 Å². The first-order valence-corrected chi connectivity index (χ1v) is 5.44. The van der Waals surface area contributed by atoms with Gasteiger partial charge in [0.2, 0.25) is 0 Å². The lowest BCUT2D eigenvalue weighted by atomic mass is 9.80. The molecule has 0 aliphatic carbocycles. The number of nitrogens with one attached hydrogen (secondary N) is 1. The molecule has 1 fully saturated rings. The molecule has 78 valence electrons. The van der Waals surface area contributed by atoms with Crippen molar-refractivity contribution in [3.63, 3.8) is 0 Å². The molecule has 0 amide bonds. The van der Waals surface area contributed by atoms with E-state index in [1.807, 2.05) is 0 Å². The lowest BCUT2D eigenvalue weighted by molar-refractivity contribution is 0.127. The van der Waals surface area contributed by atoms with Crippen LogP contribution in [0.5, 0.6) is 0 Å². The Morgan fingerprint density at radius 2 is 1.85 bits per heavy atom. The van der Waals surface area contributed by atoms with Gasteiger partial charge in [0.25, 0.3) is 0 Å². The highest BCUT2D eigenvalue weighted by atomic mass is 15.1. The topological polar surface area (TPSA) is 15.3 Å². The molecule has 1 heterocycles. The molecule has 0 spiro atoms. The highest BCUT2D eigenvalue weighted by molar-refractivity contribution is 4.83. The minimum absolute atomic E-state index is 0.546. The van der Waals surface area contributed by atoms with E-state index < -0.39 is 0 Å². The third kappa shape index (κ3) is 3.28. The van der Waals surface area contributed by atoms with E-state index in [2.05, 4.69) is 38.0 Å².